The van der Waals surface area contributed by atoms with Gasteiger partial charge >= 0.3 is 0 Å². The first-order chi connectivity index (χ1) is 7.83. The lowest BCUT2D eigenvalue weighted by molar-refractivity contribution is -0.0248. The molecular weight excluding hydrogens is 348 g/mol. The number of aryl methyl sites for hydroxylation is 2. The van der Waals surface area contributed by atoms with Crippen molar-refractivity contribution in [2.75, 3.05) is 7.11 Å². The molecule has 1 N–H and O–H groups in total. The molecule has 1 aliphatic rings. The van der Waals surface area contributed by atoms with Crippen LogP contribution in [0.2, 0.25) is 0 Å². The van der Waals surface area contributed by atoms with E-state index in [-0.39, 0.29) is 0 Å². The minimum absolute atomic E-state index is 0.846. The summed E-state index contributed by atoms with van der Waals surface area (Å²) in [4.78, 5) is 0. The van der Waals surface area contributed by atoms with Gasteiger partial charge in [-0.05, 0) is 68.5 Å². The third kappa shape index (κ3) is 1.82. The van der Waals surface area contributed by atoms with E-state index in [4.69, 9.17) is 4.74 Å². The number of hydrogen-bond donors (Lipinski definition) is 1. The van der Waals surface area contributed by atoms with E-state index >= 15 is 0 Å². The van der Waals surface area contributed by atoms with Crippen LogP contribution < -0.4 is 0 Å². The first-order valence-electron chi connectivity index (χ1n) is 5.29. The fourth-order valence-corrected chi connectivity index (χ4v) is 3.31. The van der Waals surface area contributed by atoms with Crippen LogP contribution >= 0.6 is 31.9 Å². The van der Waals surface area contributed by atoms with Crippen LogP contribution in [0.25, 0.3) is 6.08 Å². The van der Waals surface area contributed by atoms with Crippen molar-refractivity contribution >= 4 is 37.9 Å². The molecule has 1 aromatic carbocycles. The molecule has 0 heterocycles. The van der Waals surface area contributed by atoms with Gasteiger partial charge in [0.15, 0.2) is 9.02 Å². The predicted molar refractivity (Wildman–Crippen MR) is 76.4 cm³/mol. The van der Waals surface area contributed by atoms with E-state index < -0.39 is 9.02 Å². The van der Waals surface area contributed by atoms with Crippen LogP contribution in [-0.2, 0) is 9.25 Å². The predicted octanol–water partition coefficient (Wildman–Crippen LogP) is 3.61. The maximum atomic E-state index is 10.7. The molecule has 4 heteroatoms. The lowest BCUT2D eigenvalue weighted by Crippen LogP contribution is -2.45. The Morgan fingerprint density at radius 3 is 2.35 bits per heavy atom. The van der Waals surface area contributed by atoms with Crippen LogP contribution in [0.1, 0.15) is 22.3 Å². The number of halogens is 2. The SMILES string of the molecule is COC1(Br)C=Cc2c(C)ccc(C)c2C1(O)Br. The van der Waals surface area contributed by atoms with Gasteiger partial charge in [-0.1, -0.05) is 18.2 Å². The Kier molecular flexibility index (Phi) is 3.28. The number of aliphatic hydroxyl groups is 1. The van der Waals surface area contributed by atoms with Crippen molar-refractivity contribution in [3.8, 4) is 0 Å². The second-order valence-electron chi connectivity index (χ2n) is 4.29. The van der Waals surface area contributed by atoms with Crippen LogP contribution in [-0.4, -0.2) is 16.7 Å². The Bertz CT molecular complexity index is 494. The van der Waals surface area contributed by atoms with Crippen molar-refractivity contribution < 1.29 is 9.84 Å². The van der Waals surface area contributed by atoms with Gasteiger partial charge in [0.1, 0.15) is 0 Å². The average Bonchev–Trinajstić information content (AvgIpc) is 2.27. The number of rotatable bonds is 1. The van der Waals surface area contributed by atoms with Gasteiger partial charge in [0.05, 0.1) is 0 Å². The molecule has 0 aromatic heterocycles. The lowest BCUT2D eigenvalue weighted by atomic mass is 9.86. The minimum atomic E-state index is -1.28. The molecule has 2 atom stereocenters. The summed E-state index contributed by atoms with van der Waals surface area (Å²) in [5.41, 5.74) is 4.04. The highest BCUT2D eigenvalue weighted by Gasteiger charge is 2.51. The summed E-state index contributed by atoms with van der Waals surface area (Å²) in [5.74, 6) is 0. The molecule has 2 rings (SSSR count). The van der Waals surface area contributed by atoms with Crippen molar-refractivity contribution in [3.05, 3.63) is 40.5 Å². The molecule has 0 saturated heterocycles. The van der Waals surface area contributed by atoms with Crippen molar-refractivity contribution in [1.82, 2.24) is 0 Å². The number of ether oxygens (including phenoxy) is 1. The zero-order valence-corrected chi connectivity index (χ0v) is 13.1. The zero-order chi connectivity index (χ0) is 12.8. The van der Waals surface area contributed by atoms with Crippen LogP contribution in [0.5, 0.6) is 0 Å². The maximum absolute atomic E-state index is 10.7. The van der Waals surface area contributed by atoms with Gasteiger partial charge in [-0.2, -0.15) is 0 Å². The Balaban J connectivity index is 2.76. The van der Waals surface area contributed by atoms with E-state index in [2.05, 4.69) is 37.9 Å². The van der Waals surface area contributed by atoms with E-state index in [9.17, 15) is 5.11 Å². The Hall–Kier alpha value is -0.160. The summed E-state index contributed by atoms with van der Waals surface area (Å²) >= 11 is 6.83. The normalized spacial score (nSPS) is 31.4. The molecule has 1 aliphatic carbocycles. The third-order valence-electron chi connectivity index (χ3n) is 3.22. The summed E-state index contributed by atoms with van der Waals surface area (Å²) in [6.45, 7) is 4.01. The van der Waals surface area contributed by atoms with E-state index in [0.29, 0.717) is 0 Å². The van der Waals surface area contributed by atoms with E-state index in [1.807, 2.05) is 32.1 Å². The molecule has 2 nitrogen and oxygen atoms in total. The van der Waals surface area contributed by atoms with Crippen LogP contribution in [0.4, 0.5) is 0 Å². The quantitative estimate of drug-likeness (QED) is 0.774. The summed E-state index contributed by atoms with van der Waals surface area (Å²) in [7, 11) is 1.56. The zero-order valence-electron chi connectivity index (χ0n) is 9.92. The van der Waals surface area contributed by atoms with Gasteiger partial charge in [-0.15, -0.1) is 0 Å². The summed E-state index contributed by atoms with van der Waals surface area (Å²) in [5, 5.41) is 10.7. The number of alkyl halides is 2. The van der Waals surface area contributed by atoms with Gasteiger partial charge in [0, 0.05) is 12.7 Å². The van der Waals surface area contributed by atoms with Crippen molar-refractivity contribution in [2.24, 2.45) is 0 Å². The summed E-state index contributed by atoms with van der Waals surface area (Å²) < 4.78 is 3.14. The first kappa shape index (κ1) is 13.3. The fraction of sp³-hybridized carbons (Fsp3) is 0.385. The van der Waals surface area contributed by atoms with Gasteiger partial charge in [-0.25, -0.2) is 0 Å². The average molecular weight is 362 g/mol. The van der Waals surface area contributed by atoms with Crippen LogP contribution in [0.15, 0.2) is 18.2 Å². The Labute approximate surface area is 118 Å². The molecular formula is C13H14Br2O2. The smallest absolute Gasteiger partial charge is 0.188 e. The molecule has 0 fully saturated rings. The largest absolute Gasteiger partial charge is 0.371 e. The number of methoxy groups -OCH3 is 1. The van der Waals surface area contributed by atoms with Crippen molar-refractivity contribution in [1.29, 1.82) is 0 Å². The molecule has 0 saturated carbocycles. The topological polar surface area (TPSA) is 29.5 Å². The number of benzene rings is 1. The Morgan fingerprint density at radius 1 is 1.18 bits per heavy atom. The van der Waals surface area contributed by atoms with Gasteiger partial charge < -0.3 is 9.84 Å². The number of fused-ring (bicyclic) bond motifs is 1. The second-order valence-corrected chi connectivity index (χ2v) is 6.62. The molecule has 0 bridgehead atoms. The van der Waals surface area contributed by atoms with Crippen molar-refractivity contribution in [3.63, 3.8) is 0 Å². The number of hydrogen-bond acceptors (Lipinski definition) is 2. The molecule has 2 unspecified atom stereocenters. The maximum Gasteiger partial charge on any atom is 0.188 e. The summed E-state index contributed by atoms with van der Waals surface area (Å²) in [6, 6.07) is 4.05. The van der Waals surface area contributed by atoms with Gasteiger partial charge in [-0.3, -0.25) is 0 Å². The van der Waals surface area contributed by atoms with Crippen LogP contribution in [0.3, 0.4) is 0 Å². The molecule has 0 aliphatic heterocycles. The van der Waals surface area contributed by atoms with E-state index in [1.165, 1.54) is 0 Å². The monoisotopic (exact) mass is 360 g/mol. The highest BCUT2D eigenvalue weighted by Crippen LogP contribution is 2.51. The molecule has 92 valence electrons. The third-order valence-corrected chi connectivity index (χ3v) is 5.90. The molecule has 17 heavy (non-hydrogen) atoms. The molecule has 0 amide bonds. The fourth-order valence-electron chi connectivity index (χ4n) is 2.16. The van der Waals surface area contributed by atoms with Gasteiger partial charge in [0.25, 0.3) is 0 Å². The second kappa shape index (κ2) is 4.19. The summed E-state index contributed by atoms with van der Waals surface area (Å²) in [6.07, 6.45) is 3.79. The highest BCUT2D eigenvalue weighted by molar-refractivity contribution is 9.12. The lowest BCUT2D eigenvalue weighted by Gasteiger charge is -2.41. The standard InChI is InChI=1S/C13H14Br2O2/c1-8-4-5-9(2)11-10(8)6-7-12(14,17-3)13(11,15)16/h4-7,16H,1-3H3. The first-order valence-corrected chi connectivity index (χ1v) is 6.87. The van der Waals surface area contributed by atoms with Crippen LogP contribution in [0, 0.1) is 13.8 Å². The van der Waals surface area contributed by atoms with Gasteiger partial charge in [0.2, 0.25) is 0 Å². The minimum Gasteiger partial charge on any atom is -0.371 e. The molecule has 1 aromatic rings. The molecule has 0 radical (unpaired) electrons. The van der Waals surface area contributed by atoms with E-state index in [1.54, 1.807) is 7.11 Å². The van der Waals surface area contributed by atoms with Crippen molar-refractivity contribution in [2.45, 2.75) is 22.9 Å². The highest BCUT2D eigenvalue weighted by atomic mass is 79.9. The Morgan fingerprint density at radius 2 is 1.76 bits per heavy atom. The molecule has 0 spiro atoms. The van der Waals surface area contributed by atoms with E-state index in [0.717, 1.165) is 22.3 Å².